The van der Waals surface area contributed by atoms with Gasteiger partial charge in [0.1, 0.15) is 6.73 Å². The minimum absolute atomic E-state index is 0.123. The fourth-order valence-corrected chi connectivity index (χ4v) is 0.657. The Morgan fingerprint density at radius 2 is 2.17 bits per heavy atom. The summed E-state index contributed by atoms with van der Waals surface area (Å²) in [5, 5.41) is 0. The number of carbonyl (C=O) groups excluding carboxylic acids is 1. The van der Waals surface area contributed by atoms with Crippen LogP contribution in [0.4, 0.5) is 4.79 Å². The van der Waals surface area contributed by atoms with Crippen LogP contribution in [0.3, 0.4) is 0 Å². The number of hydrogen-bond donors (Lipinski definition) is 1. The van der Waals surface area contributed by atoms with E-state index >= 15 is 0 Å². The SMILES string of the molecule is CCC(C)CCOC(=O)OCN. The van der Waals surface area contributed by atoms with Crippen LogP contribution in [0, 0.1) is 5.92 Å². The third kappa shape index (κ3) is 5.97. The van der Waals surface area contributed by atoms with Crippen molar-refractivity contribution < 1.29 is 14.3 Å². The van der Waals surface area contributed by atoms with E-state index in [-0.39, 0.29) is 6.73 Å². The average molecular weight is 175 g/mol. The molecule has 0 saturated heterocycles. The fraction of sp³-hybridized carbons (Fsp3) is 0.875. The summed E-state index contributed by atoms with van der Waals surface area (Å²) in [6.45, 7) is 4.50. The van der Waals surface area contributed by atoms with Gasteiger partial charge in [-0.05, 0) is 12.3 Å². The molecule has 12 heavy (non-hydrogen) atoms. The van der Waals surface area contributed by atoms with Crippen LogP contribution in [0.25, 0.3) is 0 Å². The predicted octanol–water partition coefficient (Wildman–Crippen LogP) is 1.49. The van der Waals surface area contributed by atoms with Gasteiger partial charge >= 0.3 is 6.16 Å². The first kappa shape index (κ1) is 11.2. The molecule has 0 aliphatic carbocycles. The third-order valence-corrected chi connectivity index (χ3v) is 1.73. The van der Waals surface area contributed by atoms with Crippen LogP contribution in [0.15, 0.2) is 0 Å². The Balaban J connectivity index is 3.24. The molecule has 0 aromatic carbocycles. The second-order valence-corrected chi connectivity index (χ2v) is 2.71. The molecule has 4 heteroatoms. The van der Waals surface area contributed by atoms with Crippen LogP contribution < -0.4 is 5.73 Å². The van der Waals surface area contributed by atoms with E-state index in [1.54, 1.807) is 0 Å². The number of hydrogen-bond acceptors (Lipinski definition) is 4. The molecule has 0 rings (SSSR count). The van der Waals surface area contributed by atoms with Crippen LogP contribution >= 0.6 is 0 Å². The zero-order valence-electron chi connectivity index (χ0n) is 7.71. The molecule has 0 amide bonds. The number of ether oxygens (including phenoxy) is 2. The lowest BCUT2D eigenvalue weighted by Gasteiger charge is -2.08. The monoisotopic (exact) mass is 175 g/mol. The minimum Gasteiger partial charge on any atom is -0.434 e. The van der Waals surface area contributed by atoms with Gasteiger partial charge in [-0.2, -0.15) is 0 Å². The summed E-state index contributed by atoms with van der Waals surface area (Å²) < 4.78 is 9.09. The van der Waals surface area contributed by atoms with Crippen molar-refractivity contribution in [1.29, 1.82) is 0 Å². The molecule has 0 aliphatic rings. The van der Waals surface area contributed by atoms with Gasteiger partial charge in [-0.1, -0.05) is 20.3 Å². The van der Waals surface area contributed by atoms with Crippen LogP contribution in [0.1, 0.15) is 26.7 Å². The van der Waals surface area contributed by atoms with Gasteiger partial charge in [-0.25, -0.2) is 4.79 Å². The highest BCUT2D eigenvalue weighted by molar-refractivity contribution is 5.59. The molecule has 0 radical (unpaired) electrons. The highest BCUT2D eigenvalue weighted by atomic mass is 16.7. The molecule has 0 aliphatic heterocycles. The van der Waals surface area contributed by atoms with Crippen LogP contribution in [0.2, 0.25) is 0 Å². The van der Waals surface area contributed by atoms with Crippen molar-refractivity contribution >= 4 is 6.16 Å². The summed E-state index contributed by atoms with van der Waals surface area (Å²) in [7, 11) is 0. The van der Waals surface area contributed by atoms with Crippen molar-refractivity contribution in [2.75, 3.05) is 13.3 Å². The van der Waals surface area contributed by atoms with Crippen molar-refractivity contribution in [3.8, 4) is 0 Å². The summed E-state index contributed by atoms with van der Waals surface area (Å²) >= 11 is 0. The first-order valence-corrected chi connectivity index (χ1v) is 4.20. The molecule has 1 unspecified atom stereocenters. The van der Waals surface area contributed by atoms with Gasteiger partial charge < -0.3 is 9.47 Å². The van der Waals surface area contributed by atoms with Gasteiger partial charge in [-0.15, -0.1) is 0 Å². The molecule has 0 fully saturated rings. The standard InChI is InChI=1S/C8H17NO3/c1-3-7(2)4-5-11-8(10)12-6-9/h7H,3-6,9H2,1-2H3. The minimum atomic E-state index is -0.680. The Morgan fingerprint density at radius 1 is 1.50 bits per heavy atom. The van der Waals surface area contributed by atoms with Gasteiger partial charge in [0.2, 0.25) is 0 Å². The fourth-order valence-electron chi connectivity index (χ4n) is 0.657. The first-order valence-electron chi connectivity index (χ1n) is 4.20. The number of rotatable bonds is 5. The summed E-state index contributed by atoms with van der Waals surface area (Å²) in [6, 6.07) is 0. The van der Waals surface area contributed by atoms with E-state index < -0.39 is 6.16 Å². The van der Waals surface area contributed by atoms with E-state index in [0.29, 0.717) is 12.5 Å². The van der Waals surface area contributed by atoms with E-state index in [9.17, 15) is 4.79 Å². The maximum Gasteiger partial charge on any atom is 0.509 e. The van der Waals surface area contributed by atoms with Crippen molar-refractivity contribution in [3.63, 3.8) is 0 Å². The summed E-state index contributed by atoms with van der Waals surface area (Å²) in [4.78, 5) is 10.6. The zero-order valence-corrected chi connectivity index (χ0v) is 7.71. The molecule has 2 N–H and O–H groups in total. The second kappa shape index (κ2) is 6.91. The third-order valence-electron chi connectivity index (χ3n) is 1.73. The Hall–Kier alpha value is -0.770. The largest absolute Gasteiger partial charge is 0.509 e. The van der Waals surface area contributed by atoms with Gasteiger partial charge in [0.05, 0.1) is 6.61 Å². The van der Waals surface area contributed by atoms with Crippen molar-refractivity contribution in [2.45, 2.75) is 26.7 Å². The normalized spacial score (nSPS) is 12.2. The Labute approximate surface area is 73.0 Å². The van der Waals surface area contributed by atoms with Crippen molar-refractivity contribution in [1.82, 2.24) is 0 Å². The van der Waals surface area contributed by atoms with Crippen LogP contribution in [-0.2, 0) is 9.47 Å². The van der Waals surface area contributed by atoms with E-state index in [1.165, 1.54) is 0 Å². The Kier molecular flexibility index (Phi) is 6.47. The average Bonchev–Trinajstić information content (AvgIpc) is 2.04. The quantitative estimate of drug-likeness (QED) is 0.508. The Bertz CT molecular complexity index is 127. The van der Waals surface area contributed by atoms with Gasteiger partial charge in [-0.3, -0.25) is 5.73 Å². The highest BCUT2D eigenvalue weighted by Gasteiger charge is 2.03. The topological polar surface area (TPSA) is 61.5 Å². The molecular weight excluding hydrogens is 158 g/mol. The lowest BCUT2D eigenvalue weighted by Crippen LogP contribution is -2.14. The smallest absolute Gasteiger partial charge is 0.434 e. The number of carbonyl (C=O) groups is 1. The summed E-state index contributed by atoms with van der Waals surface area (Å²) in [6.07, 6.45) is 1.28. The summed E-state index contributed by atoms with van der Waals surface area (Å²) in [5.74, 6) is 0.579. The van der Waals surface area contributed by atoms with E-state index in [0.717, 1.165) is 12.8 Å². The second-order valence-electron chi connectivity index (χ2n) is 2.71. The summed E-state index contributed by atoms with van der Waals surface area (Å²) in [5.41, 5.74) is 4.96. The van der Waals surface area contributed by atoms with Gasteiger partial charge in [0, 0.05) is 0 Å². The highest BCUT2D eigenvalue weighted by Crippen LogP contribution is 2.05. The Morgan fingerprint density at radius 3 is 2.67 bits per heavy atom. The molecule has 0 spiro atoms. The zero-order chi connectivity index (χ0) is 9.40. The van der Waals surface area contributed by atoms with E-state index in [4.69, 9.17) is 10.5 Å². The molecular formula is C8H17NO3. The van der Waals surface area contributed by atoms with E-state index in [2.05, 4.69) is 18.6 Å². The lowest BCUT2D eigenvalue weighted by atomic mass is 10.1. The maximum absolute atomic E-state index is 10.6. The molecule has 0 saturated carbocycles. The van der Waals surface area contributed by atoms with Crippen molar-refractivity contribution in [3.05, 3.63) is 0 Å². The lowest BCUT2D eigenvalue weighted by molar-refractivity contribution is 0.0536. The van der Waals surface area contributed by atoms with Crippen LogP contribution in [0.5, 0.6) is 0 Å². The van der Waals surface area contributed by atoms with Crippen molar-refractivity contribution in [2.24, 2.45) is 11.7 Å². The number of nitrogens with two attached hydrogens (primary N) is 1. The molecule has 72 valence electrons. The molecule has 4 nitrogen and oxygen atoms in total. The molecule has 0 heterocycles. The van der Waals surface area contributed by atoms with Gasteiger partial charge in [0.15, 0.2) is 0 Å². The van der Waals surface area contributed by atoms with Gasteiger partial charge in [0.25, 0.3) is 0 Å². The molecule has 0 aromatic rings. The molecule has 0 bridgehead atoms. The molecule has 0 aromatic heterocycles. The maximum atomic E-state index is 10.6. The van der Waals surface area contributed by atoms with Crippen LogP contribution in [-0.4, -0.2) is 19.5 Å². The molecule has 1 atom stereocenters. The van der Waals surface area contributed by atoms with E-state index in [1.807, 2.05) is 0 Å². The predicted molar refractivity (Wildman–Crippen MR) is 45.6 cm³/mol. The first-order chi connectivity index (χ1) is 5.70.